The van der Waals surface area contributed by atoms with Crippen LogP contribution in [0.25, 0.3) is 140 Å². The molecule has 0 saturated heterocycles. The fraction of sp³-hybridized carbons (Fsp3) is 0. The highest BCUT2D eigenvalue weighted by atomic mass is 32.1. The van der Waals surface area contributed by atoms with E-state index in [-0.39, 0.29) is 0 Å². The van der Waals surface area contributed by atoms with Crippen LogP contribution in [0.4, 0.5) is 0 Å². The van der Waals surface area contributed by atoms with Crippen molar-refractivity contribution in [1.82, 2.24) is 0 Å². The highest BCUT2D eigenvalue weighted by Gasteiger charge is 2.23. The van der Waals surface area contributed by atoms with E-state index in [9.17, 15) is 0 Å². The molecule has 0 amide bonds. The molecule has 74 heavy (non-hydrogen) atoms. The smallest absolute Gasteiger partial charge is 0.0434 e. The van der Waals surface area contributed by atoms with Crippen molar-refractivity contribution < 1.29 is 0 Å². The Kier molecular flexibility index (Phi) is 11.0. The number of rotatable bonds is 9. The summed E-state index contributed by atoms with van der Waals surface area (Å²) in [7, 11) is 0. The minimum absolute atomic E-state index is 1.20. The van der Waals surface area contributed by atoms with Crippen LogP contribution in [0.5, 0.6) is 0 Å². The summed E-state index contributed by atoms with van der Waals surface area (Å²) in [6, 6.07) is 103. The lowest BCUT2D eigenvalue weighted by molar-refractivity contribution is 1.58. The summed E-state index contributed by atoms with van der Waals surface area (Å²) in [4.78, 5) is 0. The summed E-state index contributed by atoms with van der Waals surface area (Å²) in [5.74, 6) is 0. The second-order valence-electron chi connectivity index (χ2n) is 19.1. The van der Waals surface area contributed by atoms with Crippen LogP contribution in [0.1, 0.15) is 0 Å². The predicted molar refractivity (Wildman–Crippen MR) is 321 cm³/mol. The van der Waals surface area contributed by atoms with Gasteiger partial charge >= 0.3 is 0 Å². The Morgan fingerprint density at radius 2 is 0.351 bits per heavy atom. The van der Waals surface area contributed by atoms with E-state index in [1.54, 1.807) is 0 Å². The summed E-state index contributed by atoms with van der Waals surface area (Å²) >= 11 is 3.84. The molecule has 0 saturated carbocycles. The molecule has 2 aromatic heterocycles. The van der Waals surface area contributed by atoms with Gasteiger partial charge in [-0.1, -0.05) is 231 Å². The van der Waals surface area contributed by atoms with Crippen LogP contribution in [0.3, 0.4) is 0 Å². The molecule has 0 N–H and O–H groups in total. The topological polar surface area (TPSA) is 0 Å². The van der Waals surface area contributed by atoms with Gasteiger partial charge in [-0.15, -0.1) is 22.7 Å². The third-order valence-electron chi connectivity index (χ3n) is 14.7. The first-order valence-corrected chi connectivity index (χ1v) is 26.9. The quantitative estimate of drug-likeness (QED) is 0.135. The normalized spacial score (nSPS) is 11.5. The highest BCUT2D eigenvalue weighted by molar-refractivity contribution is 7.27. The van der Waals surface area contributed by atoms with Gasteiger partial charge in [-0.3, -0.25) is 0 Å². The first kappa shape index (κ1) is 43.8. The van der Waals surface area contributed by atoms with Crippen LogP contribution in [0.15, 0.2) is 279 Å². The zero-order valence-electron chi connectivity index (χ0n) is 40.4. The molecule has 14 aromatic rings. The Labute approximate surface area is 439 Å². The Bertz CT molecular complexity index is 4080. The molecule has 0 atom stereocenters. The van der Waals surface area contributed by atoms with Crippen molar-refractivity contribution in [1.29, 1.82) is 0 Å². The van der Waals surface area contributed by atoms with Crippen LogP contribution >= 0.6 is 22.7 Å². The fourth-order valence-electron chi connectivity index (χ4n) is 11.1. The lowest BCUT2D eigenvalue weighted by Crippen LogP contribution is -1.91. The average Bonchev–Trinajstić information content (AvgIpc) is 4.07. The van der Waals surface area contributed by atoms with E-state index < -0.39 is 0 Å². The minimum atomic E-state index is 1.20. The third-order valence-corrected chi connectivity index (χ3v) is 17.2. The molecule has 0 aliphatic heterocycles. The molecule has 0 nitrogen and oxygen atoms in total. The van der Waals surface area contributed by atoms with E-state index in [4.69, 9.17) is 0 Å². The first-order valence-electron chi connectivity index (χ1n) is 25.3. The van der Waals surface area contributed by atoms with Crippen molar-refractivity contribution in [2.24, 2.45) is 0 Å². The van der Waals surface area contributed by atoms with Gasteiger partial charge in [0.15, 0.2) is 0 Å². The van der Waals surface area contributed by atoms with Crippen molar-refractivity contribution in [3.63, 3.8) is 0 Å². The third kappa shape index (κ3) is 7.75. The Morgan fingerprint density at radius 3 is 0.622 bits per heavy atom. The van der Waals surface area contributed by atoms with Crippen molar-refractivity contribution in [3.8, 4) is 100 Å². The van der Waals surface area contributed by atoms with Crippen molar-refractivity contribution in [3.05, 3.63) is 279 Å². The summed E-state index contributed by atoms with van der Waals surface area (Å²) in [5, 5.41) is 5.09. The summed E-state index contributed by atoms with van der Waals surface area (Å²) < 4.78 is 5.16. The maximum Gasteiger partial charge on any atom is 0.0434 e. The van der Waals surface area contributed by atoms with Gasteiger partial charge in [-0.2, -0.15) is 0 Å². The number of fused-ring (bicyclic) bond motifs is 6. The van der Waals surface area contributed by atoms with Crippen molar-refractivity contribution >= 4 is 63.0 Å². The van der Waals surface area contributed by atoms with Gasteiger partial charge in [-0.05, 0) is 126 Å². The first-order chi connectivity index (χ1) is 36.7. The number of hydrogen-bond acceptors (Lipinski definition) is 2. The monoisotopic (exact) mass is 974 g/mol. The van der Waals surface area contributed by atoms with E-state index in [0.717, 1.165) is 0 Å². The summed E-state index contributed by atoms with van der Waals surface area (Å²) in [6.45, 7) is 0. The molecule has 0 bridgehead atoms. The second-order valence-corrected chi connectivity index (χ2v) is 21.1. The van der Waals surface area contributed by atoms with E-state index in [1.807, 2.05) is 22.7 Å². The van der Waals surface area contributed by atoms with Crippen molar-refractivity contribution in [2.45, 2.75) is 0 Å². The zero-order valence-corrected chi connectivity index (χ0v) is 42.0. The van der Waals surface area contributed by atoms with Gasteiger partial charge in [-0.25, -0.2) is 0 Å². The Balaban J connectivity index is 1.04. The van der Waals surface area contributed by atoms with Gasteiger partial charge in [0.25, 0.3) is 0 Å². The van der Waals surface area contributed by atoms with Crippen LogP contribution < -0.4 is 0 Å². The van der Waals surface area contributed by atoms with Gasteiger partial charge in [0, 0.05) is 62.6 Å². The molecule has 0 radical (unpaired) electrons. The molecule has 0 aliphatic rings. The zero-order chi connectivity index (χ0) is 49.0. The highest BCUT2D eigenvalue weighted by Crippen LogP contribution is 2.52. The minimum Gasteiger partial charge on any atom is -0.134 e. The number of benzene rings is 12. The average molecular weight is 975 g/mol. The van der Waals surface area contributed by atoms with Crippen LogP contribution in [0.2, 0.25) is 0 Å². The van der Waals surface area contributed by atoms with Crippen LogP contribution in [-0.4, -0.2) is 0 Å². The summed E-state index contributed by atoms with van der Waals surface area (Å²) in [6.07, 6.45) is 0. The molecule has 346 valence electrons. The molecular weight excluding hydrogens is 929 g/mol. The van der Waals surface area contributed by atoms with E-state index >= 15 is 0 Å². The van der Waals surface area contributed by atoms with Crippen molar-refractivity contribution in [2.75, 3.05) is 0 Å². The SMILES string of the molecule is c1ccc(-c2cc(-c3ccccc3)c3sc4c(-c5ccccc5-c5ccccc5-c5cc(-c6ccccc6)cc6c5sc5c(-c7ccccc7)cc(-c7ccccc7)cc56)cc(-c5ccccc5)cc4c3c2)cc1. The molecular formula is C72H46S2. The van der Waals surface area contributed by atoms with E-state index in [1.165, 1.54) is 140 Å². The molecule has 0 spiro atoms. The van der Waals surface area contributed by atoms with Gasteiger partial charge < -0.3 is 0 Å². The molecule has 0 unspecified atom stereocenters. The lowest BCUT2D eigenvalue weighted by atomic mass is 9.86. The second kappa shape index (κ2) is 18.6. The molecule has 12 aromatic carbocycles. The van der Waals surface area contributed by atoms with E-state index in [0.29, 0.717) is 0 Å². The lowest BCUT2D eigenvalue weighted by Gasteiger charge is -2.17. The molecule has 0 fully saturated rings. The molecule has 2 heteroatoms. The van der Waals surface area contributed by atoms with E-state index in [2.05, 4.69) is 279 Å². The summed E-state index contributed by atoms with van der Waals surface area (Å²) in [5.41, 5.74) is 21.9. The van der Waals surface area contributed by atoms with Gasteiger partial charge in [0.1, 0.15) is 0 Å². The maximum atomic E-state index is 2.45. The standard InChI is InChI=1S/C72H46S2/c1-7-23-47(24-8-1)53-39-61(51-31-15-5-16-32-51)69-65(43-53)67-45-55(49-27-11-3-12-28-49)41-63(71(67)73-69)59-37-21-19-35-57(59)58-36-20-22-38-60(58)64-42-56(50-29-13-4-14-30-50)46-68-66-44-54(48-25-9-2-10-26-48)40-62(70(66)74-72(64)68)52-33-17-6-18-34-52/h1-46H. The number of thiophene rings is 2. The Morgan fingerprint density at radius 1 is 0.149 bits per heavy atom. The molecule has 14 rings (SSSR count). The molecule has 2 heterocycles. The maximum absolute atomic E-state index is 2.45. The van der Waals surface area contributed by atoms with Crippen LogP contribution in [0, 0.1) is 0 Å². The van der Waals surface area contributed by atoms with Gasteiger partial charge in [0.05, 0.1) is 0 Å². The predicted octanol–water partition coefficient (Wildman–Crippen LogP) is 21.4. The van der Waals surface area contributed by atoms with Crippen LogP contribution in [-0.2, 0) is 0 Å². The fourth-order valence-corrected chi connectivity index (χ4v) is 13.8. The molecule has 0 aliphatic carbocycles. The Hall–Kier alpha value is -8.92. The van der Waals surface area contributed by atoms with Gasteiger partial charge in [0.2, 0.25) is 0 Å². The number of hydrogen-bond donors (Lipinski definition) is 0. The largest absolute Gasteiger partial charge is 0.134 e.